The fourth-order valence-corrected chi connectivity index (χ4v) is 8.58. The van der Waals surface area contributed by atoms with Crippen LogP contribution in [-0.4, -0.2) is 47.4 Å². The molecule has 0 aromatic carbocycles. The molecule has 0 aromatic rings. The maximum absolute atomic E-state index is 12.4. The van der Waals surface area contributed by atoms with E-state index >= 15 is 0 Å². The number of carbonyl (C=O) groups excluding carboxylic acids is 2. The highest BCUT2D eigenvalue weighted by atomic mass is 16.5. The van der Waals surface area contributed by atoms with Crippen LogP contribution in [0.5, 0.6) is 0 Å². The SMILES string of the molecule is CCCCCCCCCCCCCCCCC/C=C/C(O)C(CO)NC(=O)CCCCCCCCCCCCCCCCOC(=O)CCCCCCCCCCCCCCC. The van der Waals surface area contributed by atoms with Crippen LogP contribution in [-0.2, 0) is 14.3 Å². The molecule has 1 amide bonds. The summed E-state index contributed by atoms with van der Waals surface area (Å²) in [6.45, 7) is 4.90. The third-order valence-corrected chi connectivity index (χ3v) is 12.8. The predicted octanol–water partition coefficient (Wildman–Crippen LogP) is 16.5. The summed E-state index contributed by atoms with van der Waals surface area (Å²) in [4.78, 5) is 24.5. The number of hydrogen-bond donors (Lipinski definition) is 3. The van der Waals surface area contributed by atoms with Crippen LogP contribution in [0.25, 0.3) is 0 Å². The van der Waals surface area contributed by atoms with Crippen molar-refractivity contribution in [2.75, 3.05) is 13.2 Å². The zero-order valence-electron chi connectivity index (χ0n) is 41.2. The zero-order valence-corrected chi connectivity index (χ0v) is 41.2. The Morgan fingerprint density at radius 2 is 0.754 bits per heavy atom. The Bertz CT molecular complexity index is 909. The summed E-state index contributed by atoms with van der Waals surface area (Å²) >= 11 is 0. The van der Waals surface area contributed by atoms with Gasteiger partial charge in [0.2, 0.25) is 5.91 Å². The van der Waals surface area contributed by atoms with Crippen LogP contribution in [0, 0.1) is 0 Å². The fourth-order valence-electron chi connectivity index (χ4n) is 8.58. The summed E-state index contributed by atoms with van der Waals surface area (Å²) in [6.07, 6.45) is 59.3. The standard InChI is InChI=1S/C55H107NO5/c1-3-5-7-9-11-13-15-17-18-19-20-24-27-31-35-39-43-47-53(58)52(51-57)56-54(59)48-44-40-36-32-28-25-21-22-26-30-34-38-42-46-50-61-55(60)49-45-41-37-33-29-23-16-14-12-10-8-6-4-2/h43,47,52-53,57-58H,3-42,44-46,48-51H2,1-2H3,(H,56,59)/b47-43+. The van der Waals surface area contributed by atoms with Gasteiger partial charge in [-0.1, -0.05) is 270 Å². The molecule has 0 aromatic heterocycles. The van der Waals surface area contributed by atoms with Crippen molar-refractivity contribution in [2.24, 2.45) is 0 Å². The lowest BCUT2D eigenvalue weighted by atomic mass is 10.0. The normalized spacial score (nSPS) is 12.7. The quantitative estimate of drug-likeness (QED) is 0.0322. The number of amides is 1. The van der Waals surface area contributed by atoms with E-state index in [0.29, 0.717) is 19.4 Å². The van der Waals surface area contributed by atoms with E-state index in [1.54, 1.807) is 6.08 Å². The van der Waals surface area contributed by atoms with E-state index in [0.717, 1.165) is 57.8 Å². The minimum absolute atomic E-state index is 0.00148. The summed E-state index contributed by atoms with van der Waals surface area (Å²) in [5.41, 5.74) is 0. The van der Waals surface area contributed by atoms with Crippen molar-refractivity contribution in [1.29, 1.82) is 0 Å². The molecule has 0 spiro atoms. The van der Waals surface area contributed by atoms with Gasteiger partial charge in [0.15, 0.2) is 0 Å². The lowest BCUT2D eigenvalue weighted by molar-refractivity contribution is -0.143. The number of nitrogens with one attached hydrogen (secondary N) is 1. The van der Waals surface area contributed by atoms with Crippen LogP contribution in [0.3, 0.4) is 0 Å². The van der Waals surface area contributed by atoms with E-state index in [4.69, 9.17) is 4.74 Å². The molecule has 0 rings (SSSR count). The highest BCUT2D eigenvalue weighted by Crippen LogP contribution is 2.17. The molecule has 0 saturated heterocycles. The minimum Gasteiger partial charge on any atom is -0.466 e. The molecule has 0 aliphatic rings. The average Bonchev–Trinajstić information content (AvgIpc) is 3.26. The number of aliphatic hydroxyl groups is 2. The summed E-state index contributed by atoms with van der Waals surface area (Å²) in [6, 6.07) is -0.634. The Morgan fingerprint density at radius 1 is 0.443 bits per heavy atom. The third-order valence-electron chi connectivity index (χ3n) is 12.8. The maximum Gasteiger partial charge on any atom is 0.305 e. The van der Waals surface area contributed by atoms with Gasteiger partial charge in [-0.05, 0) is 32.1 Å². The number of hydrogen-bond acceptors (Lipinski definition) is 5. The van der Waals surface area contributed by atoms with Crippen LogP contribution in [0.4, 0.5) is 0 Å². The van der Waals surface area contributed by atoms with Crippen LogP contribution in [0.15, 0.2) is 12.2 Å². The van der Waals surface area contributed by atoms with Crippen molar-refractivity contribution in [3.8, 4) is 0 Å². The molecule has 6 heteroatoms. The summed E-state index contributed by atoms with van der Waals surface area (Å²) in [5, 5.41) is 23.1. The second-order valence-corrected chi connectivity index (χ2v) is 18.9. The zero-order chi connectivity index (χ0) is 44.4. The van der Waals surface area contributed by atoms with Crippen molar-refractivity contribution in [2.45, 2.75) is 315 Å². The number of unbranched alkanes of at least 4 members (excludes halogenated alkanes) is 40. The van der Waals surface area contributed by atoms with Gasteiger partial charge in [-0.25, -0.2) is 0 Å². The molecule has 0 heterocycles. The van der Waals surface area contributed by atoms with E-state index in [-0.39, 0.29) is 18.5 Å². The molecule has 61 heavy (non-hydrogen) atoms. The van der Waals surface area contributed by atoms with Gasteiger partial charge < -0.3 is 20.3 Å². The molecular weight excluding hydrogens is 755 g/mol. The van der Waals surface area contributed by atoms with E-state index in [2.05, 4.69) is 19.2 Å². The molecule has 3 N–H and O–H groups in total. The highest BCUT2D eigenvalue weighted by molar-refractivity contribution is 5.76. The van der Waals surface area contributed by atoms with Gasteiger partial charge in [-0.2, -0.15) is 0 Å². The van der Waals surface area contributed by atoms with Gasteiger partial charge in [0.05, 0.1) is 25.4 Å². The first-order chi connectivity index (χ1) is 30.0. The van der Waals surface area contributed by atoms with Gasteiger partial charge in [0.25, 0.3) is 0 Å². The largest absolute Gasteiger partial charge is 0.466 e. The van der Waals surface area contributed by atoms with Crippen LogP contribution < -0.4 is 5.32 Å². The number of rotatable bonds is 51. The first kappa shape index (κ1) is 59.6. The van der Waals surface area contributed by atoms with Crippen LogP contribution >= 0.6 is 0 Å². The molecule has 0 fully saturated rings. The van der Waals surface area contributed by atoms with Gasteiger partial charge in [0.1, 0.15) is 0 Å². The van der Waals surface area contributed by atoms with Crippen LogP contribution in [0.1, 0.15) is 303 Å². The third kappa shape index (κ3) is 47.9. The number of esters is 1. The fraction of sp³-hybridized carbons (Fsp3) is 0.927. The first-order valence-corrected chi connectivity index (χ1v) is 27.5. The maximum atomic E-state index is 12.4. The number of aliphatic hydroxyl groups excluding tert-OH is 2. The molecule has 0 saturated carbocycles. The molecule has 2 atom stereocenters. The van der Waals surface area contributed by atoms with Gasteiger partial charge in [-0.3, -0.25) is 9.59 Å². The summed E-state index contributed by atoms with van der Waals surface area (Å²) in [7, 11) is 0. The van der Waals surface area contributed by atoms with Gasteiger partial charge in [-0.15, -0.1) is 0 Å². The summed E-state index contributed by atoms with van der Waals surface area (Å²) < 4.78 is 5.46. The van der Waals surface area contributed by atoms with E-state index < -0.39 is 12.1 Å². The Hall–Kier alpha value is -1.40. The van der Waals surface area contributed by atoms with Crippen LogP contribution in [0.2, 0.25) is 0 Å². The van der Waals surface area contributed by atoms with Gasteiger partial charge >= 0.3 is 5.97 Å². The lowest BCUT2D eigenvalue weighted by Gasteiger charge is -2.20. The second-order valence-electron chi connectivity index (χ2n) is 18.9. The molecule has 2 unspecified atom stereocenters. The molecule has 0 aliphatic heterocycles. The number of allylic oxidation sites excluding steroid dienone is 1. The first-order valence-electron chi connectivity index (χ1n) is 27.5. The molecule has 6 nitrogen and oxygen atoms in total. The van der Waals surface area contributed by atoms with E-state index in [1.165, 1.54) is 218 Å². The Labute approximate surface area is 380 Å². The molecular formula is C55H107NO5. The van der Waals surface area contributed by atoms with E-state index in [9.17, 15) is 19.8 Å². The minimum atomic E-state index is -0.850. The predicted molar refractivity (Wildman–Crippen MR) is 264 cm³/mol. The lowest BCUT2D eigenvalue weighted by Crippen LogP contribution is -2.45. The van der Waals surface area contributed by atoms with Crippen molar-refractivity contribution in [1.82, 2.24) is 5.32 Å². The summed E-state index contributed by atoms with van der Waals surface area (Å²) in [5.74, 6) is -0.0776. The molecule has 0 radical (unpaired) electrons. The Morgan fingerprint density at radius 3 is 1.11 bits per heavy atom. The number of ether oxygens (including phenoxy) is 1. The topological polar surface area (TPSA) is 95.9 Å². The van der Waals surface area contributed by atoms with E-state index in [1.807, 2.05) is 6.08 Å². The van der Waals surface area contributed by atoms with Crippen molar-refractivity contribution in [3.05, 3.63) is 12.2 Å². The van der Waals surface area contributed by atoms with Crippen molar-refractivity contribution < 1.29 is 24.5 Å². The molecule has 0 aliphatic carbocycles. The average molecular weight is 862 g/mol. The smallest absolute Gasteiger partial charge is 0.305 e. The monoisotopic (exact) mass is 862 g/mol. The van der Waals surface area contributed by atoms with Gasteiger partial charge in [0, 0.05) is 12.8 Å². The highest BCUT2D eigenvalue weighted by Gasteiger charge is 2.18. The number of carbonyl (C=O) groups is 2. The van der Waals surface area contributed by atoms with Crippen molar-refractivity contribution >= 4 is 11.9 Å². The Balaban J connectivity index is 3.47. The molecule has 362 valence electrons. The second kappa shape index (κ2) is 51.2. The molecule has 0 bridgehead atoms. The van der Waals surface area contributed by atoms with Crippen molar-refractivity contribution in [3.63, 3.8) is 0 Å². The Kier molecular flexibility index (Phi) is 50.1.